The molecule has 1 aliphatic rings. The van der Waals surface area contributed by atoms with Crippen LogP contribution in [-0.2, 0) is 9.47 Å². The molecule has 11 heavy (non-hydrogen) atoms. The van der Waals surface area contributed by atoms with Gasteiger partial charge in [0.25, 0.3) is 0 Å². The van der Waals surface area contributed by atoms with Gasteiger partial charge in [0.15, 0.2) is 0 Å². The van der Waals surface area contributed by atoms with Gasteiger partial charge in [-0.15, -0.1) is 0 Å². The summed E-state index contributed by atoms with van der Waals surface area (Å²) in [5.74, 6) is 0. The quantitative estimate of drug-likeness (QED) is 0.294. The largest absolute Gasteiger partial charge is 0.379 e. The molecule has 0 N–H and O–H groups in total. The molecule has 0 aliphatic carbocycles. The Balaban J connectivity index is 1.73. The molecule has 0 amide bonds. The molecule has 2 unspecified atom stereocenters. The van der Waals surface area contributed by atoms with Gasteiger partial charge in [0.1, 0.15) is 6.10 Å². The van der Waals surface area contributed by atoms with Crippen LogP contribution in [0.15, 0.2) is 0 Å². The molecule has 2 nitrogen and oxygen atoms in total. The highest BCUT2D eigenvalue weighted by molar-refractivity contribution is 8.10. The second-order valence-electron chi connectivity index (χ2n) is 3.02. The number of hydrogen-bond donors (Lipinski definition) is 1. The van der Waals surface area contributed by atoms with Crippen LogP contribution in [0.5, 0.6) is 0 Å². The van der Waals surface area contributed by atoms with Crippen LogP contribution in [0.3, 0.4) is 0 Å². The molecular formula is C7H16O2SSi. The van der Waals surface area contributed by atoms with Gasteiger partial charge in [0, 0.05) is 6.61 Å². The zero-order valence-corrected chi connectivity index (χ0v) is 9.00. The molecule has 1 rings (SSSR count). The summed E-state index contributed by atoms with van der Waals surface area (Å²) in [5, 5.41) is 0. The second kappa shape index (κ2) is 5.19. The first kappa shape index (κ1) is 9.57. The van der Waals surface area contributed by atoms with E-state index in [2.05, 4.69) is 18.6 Å². The Hall–Kier alpha value is 0.487. The molecule has 1 heterocycles. The molecule has 1 saturated heterocycles. The summed E-state index contributed by atoms with van der Waals surface area (Å²) in [7, 11) is -0.639. The van der Waals surface area contributed by atoms with Gasteiger partial charge in [0.05, 0.1) is 21.2 Å². The number of thiol groups is 1. The molecule has 0 saturated carbocycles. The highest BCUT2D eigenvalue weighted by Crippen LogP contribution is 2.09. The average Bonchev–Trinajstić information content (AvgIpc) is 2.70. The zero-order valence-electron chi connectivity index (χ0n) is 6.95. The third kappa shape index (κ3) is 5.72. The Bertz CT molecular complexity index is 103. The van der Waals surface area contributed by atoms with Crippen LogP contribution >= 0.6 is 12.1 Å². The smallest absolute Gasteiger partial charge is 0.104 e. The van der Waals surface area contributed by atoms with Crippen LogP contribution in [0.25, 0.3) is 0 Å². The molecule has 0 spiro atoms. The van der Waals surface area contributed by atoms with E-state index in [1.807, 2.05) is 0 Å². The molecule has 0 aromatic carbocycles. The molecule has 2 atom stereocenters. The fraction of sp³-hybridized carbons (Fsp3) is 1.00. The van der Waals surface area contributed by atoms with Gasteiger partial charge in [-0.05, 0) is 12.5 Å². The molecular weight excluding hydrogens is 176 g/mol. The Morgan fingerprint density at radius 3 is 3.00 bits per heavy atom. The van der Waals surface area contributed by atoms with Crippen molar-refractivity contribution in [1.82, 2.24) is 0 Å². The molecule has 1 aliphatic heterocycles. The van der Waals surface area contributed by atoms with E-state index < -0.39 is 7.95 Å². The van der Waals surface area contributed by atoms with Gasteiger partial charge in [-0.1, -0.05) is 6.55 Å². The van der Waals surface area contributed by atoms with Crippen molar-refractivity contribution < 1.29 is 9.47 Å². The van der Waals surface area contributed by atoms with Crippen LogP contribution in [0.2, 0.25) is 12.6 Å². The number of epoxide rings is 1. The number of hydrogen-bond acceptors (Lipinski definition) is 3. The SMILES string of the molecule is C[SiH](S)CCCOCC1CO1. The van der Waals surface area contributed by atoms with Crippen molar-refractivity contribution in [3.05, 3.63) is 0 Å². The zero-order chi connectivity index (χ0) is 8.10. The Kier molecular flexibility index (Phi) is 4.52. The average molecular weight is 192 g/mol. The lowest BCUT2D eigenvalue weighted by molar-refractivity contribution is 0.117. The summed E-state index contributed by atoms with van der Waals surface area (Å²) in [6, 6.07) is 1.27. The van der Waals surface area contributed by atoms with Crippen LogP contribution in [0, 0.1) is 0 Å². The lowest BCUT2D eigenvalue weighted by Crippen LogP contribution is -2.04. The fourth-order valence-corrected chi connectivity index (χ4v) is 2.17. The maximum atomic E-state index is 5.37. The summed E-state index contributed by atoms with van der Waals surface area (Å²) in [5.41, 5.74) is 0. The first-order valence-corrected chi connectivity index (χ1v) is 8.20. The van der Waals surface area contributed by atoms with E-state index in [-0.39, 0.29) is 0 Å². The molecule has 0 aromatic rings. The minimum atomic E-state index is -0.639. The van der Waals surface area contributed by atoms with E-state index in [9.17, 15) is 0 Å². The third-order valence-corrected chi connectivity index (χ3v) is 3.64. The topological polar surface area (TPSA) is 21.8 Å². The van der Waals surface area contributed by atoms with Gasteiger partial charge in [-0.2, -0.15) is 0 Å². The second-order valence-corrected chi connectivity index (χ2v) is 7.94. The maximum absolute atomic E-state index is 5.37. The molecule has 66 valence electrons. The van der Waals surface area contributed by atoms with Crippen molar-refractivity contribution in [2.24, 2.45) is 0 Å². The van der Waals surface area contributed by atoms with Gasteiger partial charge in [0.2, 0.25) is 0 Å². The minimum Gasteiger partial charge on any atom is -0.379 e. The predicted molar refractivity (Wildman–Crippen MR) is 52.0 cm³/mol. The van der Waals surface area contributed by atoms with Crippen LogP contribution < -0.4 is 0 Å². The van der Waals surface area contributed by atoms with Crippen molar-refractivity contribution in [2.45, 2.75) is 25.1 Å². The van der Waals surface area contributed by atoms with Crippen molar-refractivity contribution in [3.63, 3.8) is 0 Å². The Labute approximate surface area is 74.9 Å². The maximum Gasteiger partial charge on any atom is 0.104 e. The predicted octanol–water partition coefficient (Wildman–Crippen LogP) is 1.08. The molecule has 0 radical (unpaired) electrons. The van der Waals surface area contributed by atoms with Crippen LogP contribution in [-0.4, -0.2) is 33.9 Å². The van der Waals surface area contributed by atoms with E-state index in [0.717, 1.165) is 19.8 Å². The summed E-state index contributed by atoms with van der Waals surface area (Å²) in [6.07, 6.45) is 1.59. The summed E-state index contributed by atoms with van der Waals surface area (Å²) in [4.78, 5) is 0. The van der Waals surface area contributed by atoms with Crippen molar-refractivity contribution in [3.8, 4) is 0 Å². The van der Waals surface area contributed by atoms with Gasteiger partial charge in [-0.3, -0.25) is 0 Å². The minimum absolute atomic E-state index is 0.417. The van der Waals surface area contributed by atoms with Crippen molar-refractivity contribution in [1.29, 1.82) is 0 Å². The summed E-state index contributed by atoms with van der Waals surface area (Å²) in [6.45, 7) is 4.82. The highest BCUT2D eigenvalue weighted by Gasteiger charge is 2.21. The third-order valence-electron chi connectivity index (χ3n) is 1.62. The monoisotopic (exact) mass is 192 g/mol. The van der Waals surface area contributed by atoms with Crippen LogP contribution in [0.1, 0.15) is 6.42 Å². The van der Waals surface area contributed by atoms with E-state index in [0.29, 0.717) is 6.10 Å². The van der Waals surface area contributed by atoms with E-state index >= 15 is 0 Å². The highest BCUT2D eigenvalue weighted by atomic mass is 32.3. The molecule has 0 bridgehead atoms. The number of ether oxygens (including phenoxy) is 2. The van der Waals surface area contributed by atoms with Gasteiger partial charge >= 0.3 is 0 Å². The number of rotatable bonds is 6. The fourth-order valence-electron chi connectivity index (χ4n) is 0.860. The summed E-state index contributed by atoms with van der Waals surface area (Å²) < 4.78 is 10.4. The van der Waals surface area contributed by atoms with Crippen molar-refractivity contribution in [2.75, 3.05) is 19.8 Å². The van der Waals surface area contributed by atoms with Crippen molar-refractivity contribution >= 4 is 20.0 Å². The van der Waals surface area contributed by atoms with Gasteiger partial charge < -0.3 is 9.47 Å². The van der Waals surface area contributed by atoms with Crippen LogP contribution in [0.4, 0.5) is 0 Å². The Morgan fingerprint density at radius 2 is 2.45 bits per heavy atom. The molecule has 4 heteroatoms. The normalized spacial score (nSPS) is 25.1. The van der Waals surface area contributed by atoms with E-state index in [1.54, 1.807) is 0 Å². The standard InChI is InChI=1S/C7H16O2SSi/c1-11(10)4-2-3-8-5-7-6-9-7/h7,10-11H,2-6H2,1H3. The van der Waals surface area contributed by atoms with E-state index in [4.69, 9.17) is 9.47 Å². The lowest BCUT2D eigenvalue weighted by Gasteiger charge is -2.02. The first-order chi connectivity index (χ1) is 5.29. The first-order valence-electron chi connectivity index (χ1n) is 4.16. The molecule has 1 fully saturated rings. The Morgan fingerprint density at radius 1 is 1.73 bits per heavy atom. The molecule has 0 aromatic heterocycles. The summed E-state index contributed by atoms with van der Waals surface area (Å²) >= 11 is 4.41. The lowest BCUT2D eigenvalue weighted by atomic mass is 10.5. The van der Waals surface area contributed by atoms with E-state index in [1.165, 1.54) is 12.5 Å². The van der Waals surface area contributed by atoms with Gasteiger partial charge in [-0.25, -0.2) is 12.1 Å².